The lowest BCUT2D eigenvalue weighted by atomic mass is 10.00. The molecule has 0 amide bonds. The van der Waals surface area contributed by atoms with Gasteiger partial charge in [-0.3, -0.25) is 4.79 Å². The van der Waals surface area contributed by atoms with E-state index in [9.17, 15) is 9.90 Å². The molecule has 17 heavy (non-hydrogen) atoms. The van der Waals surface area contributed by atoms with Gasteiger partial charge in [0, 0.05) is 6.42 Å². The first kappa shape index (κ1) is 12.2. The highest BCUT2D eigenvalue weighted by Crippen LogP contribution is 2.38. The summed E-state index contributed by atoms with van der Waals surface area (Å²) in [5.41, 5.74) is 8.06. The van der Waals surface area contributed by atoms with Gasteiger partial charge in [-0.2, -0.15) is 0 Å². The Labute approximate surface area is 104 Å². The molecule has 4 N–H and O–H groups in total. The van der Waals surface area contributed by atoms with Crippen molar-refractivity contribution in [3.63, 3.8) is 0 Å². The molecule has 0 saturated carbocycles. The predicted octanol–water partition coefficient (Wildman–Crippen LogP) is 1.49. The molecule has 2 rings (SSSR count). The monoisotopic (exact) mass is 255 g/mol. The number of carboxylic acids is 1. The summed E-state index contributed by atoms with van der Waals surface area (Å²) in [4.78, 5) is 10.7. The fourth-order valence-corrected chi connectivity index (χ4v) is 2.56. The van der Waals surface area contributed by atoms with Crippen molar-refractivity contribution in [1.29, 1.82) is 0 Å². The molecule has 0 spiro atoms. The highest BCUT2D eigenvalue weighted by molar-refractivity contribution is 6.33. The molecule has 0 fully saturated rings. The van der Waals surface area contributed by atoms with E-state index in [0.29, 0.717) is 10.6 Å². The minimum Gasteiger partial charge on any atom is -0.506 e. The van der Waals surface area contributed by atoms with E-state index in [1.807, 2.05) is 6.07 Å². The number of aromatic hydroxyl groups is 1. The van der Waals surface area contributed by atoms with Crippen LogP contribution in [0.25, 0.3) is 0 Å². The third-order valence-corrected chi connectivity index (χ3v) is 3.55. The number of hydrogen-bond donors (Lipinski definition) is 3. The second-order valence-corrected chi connectivity index (χ2v) is 4.72. The number of phenolic OH excluding ortho intramolecular Hbond substituents is 1. The second kappa shape index (κ2) is 4.55. The van der Waals surface area contributed by atoms with Gasteiger partial charge in [-0.25, -0.2) is 0 Å². The second-order valence-electron chi connectivity index (χ2n) is 4.34. The molecular weight excluding hydrogens is 242 g/mol. The molecule has 0 aliphatic heterocycles. The van der Waals surface area contributed by atoms with E-state index in [2.05, 4.69) is 0 Å². The molecule has 1 aliphatic carbocycles. The van der Waals surface area contributed by atoms with Gasteiger partial charge < -0.3 is 15.9 Å². The van der Waals surface area contributed by atoms with Gasteiger partial charge in [-0.05, 0) is 36.0 Å². The number of hydrogen-bond acceptors (Lipinski definition) is 3. The number of fused-ring (bicyclic) bond motifs is 1. The summed E-state index contributed by atoms with van der Waals surface area (Å²) in [6, 6.07) is 0.809. The first-order chi connectivity index (χ1) is 8.00. The lowest BCUT2D eigenvalue weighted by molar-refractivity contribution is -0.138. The SMILES string of the molecule is NC(Cc1cc2c(c(Cl)c1O)CCC2)C(=O)O. The van der Waals surface area contributed by atoms with Crippen LogP contribution >= 0.6 is 11.6 Å². The molecule has 4 nitrogen and oxygen atoms in total. The molecule has 0 aromatic heterocycles. The fraction of sp³-hybridized carbons (Fsp3) is 0.417. The van der Waals surface area contributed by atoms with Gasteiger partial charge in [-0.1, -0.05) is 17.7 Å². The Hall–Kier alpha value is -1.26. The first-order valence-electron chi connectivity index (χ1n) is 5.51. The van der Waals surface area contributed by atoms with Crippen LogP contribution in [0.15, 0.2) is 6.07 Å². The highest BCUT2D eigenvalue weighted by atomic mass is 35.5. The first-order valence-corrected chi connectivity index (χ1v) is 5.89. The zero-order chi connectivity index (χ0) is 12.6. The predicted molar refractivity (Wildman–Crippen MR) is 64.5 cm³/mol. The van der Waals surface area contributed by atoms with Crippen molar-refractivity contribution in [3.8, 4) is 5.75 Å². The quantitative estimate of drug-likeness (QED) is 0.764. The number of halogens is 1. The summed E-state index contributed by atoms with van der Waals surface area (Å²) < 4.78 is 0. The maximum Gasteiger partial charge on any atom is 0.320 e. The Kier molecular flexibility index (Phi) is 3.26. The smallest absolute Gasteiger partial charge is 0.320 e. The topological polar surface area (TPSA) is 83.5 Å². The Morgan fingerprint density at radius 2 is 2.24 bits per heavy atom. The van der Waals surface area contributed by atoms with Crippen LogP contribution in [0.4, 0.5) is 0 Å². The lowest BCUT2D eigenvalue weighted by Crippen LogP contribution is -2.32. The van der Waals surface area contributed by atoms with Crippen LogP contribution in [0.3, 0.4) is 0 Å². The molecule has 0 heterocycles. The van der Waals surface area contributed by atoms with Gasteiger partial charge >= 0.3 is 5.97 Å². The van der Waals surface area contributed by atoms with Crippen molar-refractivity contribution in [3.05, 3.63) is 27.8 Å². The van der Waals surface area contributed by atoms with Crippen LogP contribution in [-0.2, 0) is 24.1 Å². The molecule has 0 bridgehead atoms. The fourth-order valence-electron chi connectivity index (χ4n) is 2.22. The van der Waals surface area contributed by atoms with Gasteiger partial charge in [0.1, 0.15) is 11.8 Å². The van der Waals surface area contributed by atoms with Crippen LogP contribution < -0.4 is 5.73 Å². The van der Waals surface area contributed by atoms with Gasteiger partial charge in [0.2, 0.25) is 0 Å². The lowest BCUT2D eigenvalue weighted by Gasteiger charge is -2.13. The Morgan fingerprint density at radius 1 is 1.53 bits per heavy atom. The van der Waals surface area contributed by atoms with Crippen molar-refractivity contribution in [2.45, 2.75) is 31.7 Å². The van der Waals surface area contributed by atoms with Crippen LogP contribution in [0.5, 0.6) is 5.75 Å². The summed E-state index contributed by atoms with van der Waals surface area (Å²) in [6.45, 7) is 0. The molecule has 1 aliphatic rings. The van der Waals surface area contributed by atoms with E-state index in [0.717, 1.165) is 30.4 Å². The Morgan fingerprint density at radius 3 is 2.88 bits per heavy atom. The van der Waals surface area contributed by atoms with Crippen LogP contribution in [0, 0.1) is 0 Å². The zero-order valence-electron chi connectivity index (χ0n) is 9.24. The average molecular weight is 256 g/mol. The normalized spacial score (nSPS) is 15.6. The van der Waals surface area contributed by atoms with Crippen molar-refractivity contribution >= 4 is 17.6 Å². The minimum atomic E-state index is -1.08. The van der Waals surface area contributed by atoms with E-state index in [1.165, 1.54) is 0 Å². The molecule has 5 heteroatoms. The summed E-state index contributed by atoms with van der Waals surface area (Å²) in [5, 5.41) is 19.0. The summed E-state index contributed by atoms with van der Waals surface area (Å²) >= 11 is 6.07. The molecule has 0 saturated heterocycles. The van der Waals surface area contributed by atoms with E-state index < -0.39 is 12.0 Å². The van der Waals surface area contributed by atoms with Crippen LogP contribution in [0.1, 0.15) is 23.1 Å². The standard InChI is InChI=1S/C12H14ClNO3/c13-10-8-3-1-2-6(8)4-7(11(10)15)5-9(14)12(16)17/h4,9,15H,1-3,5,14H2,(H,16,17). The van der Waals surface area contributed by atoms with Crippen molar-refractivity contribution in [2.75, 3.05) is 0 Å². The third kappa shape index (κ3) is 2.23. The number of phenols is 1. The van der Waals surface area contributed by atoms with E-state index in [-0.39, 0.29) is 12.2 Å². The number of rotatable bonds is 3. The maximum absolute atomic E-state index is 10.7. The van der Waals surface area contributed by atoms with Gasteiger partial charge in [-0.15, -0.1) is 0 Å². The Bertz CT molecular complexity index is 473. The summed E-state index contributed by atoms with van der Waals surface area (Å²) in [6.07, 6.45) is 2.90. The average Bonchev–Trinajstić information content (AvgIpc) is 2.73. The van der Waals surface area contributed by atoms with E-state index >= 15 is 0 Å². The molecule has 1 aromatic rings. The summed E-state index contributed by atoms with van der Waals surface area (Å²) in [5.74, 6) is -1.11. The Balaban J connectivity index is 2.36. The summed E-state index contributed by atoms with van der Waals surface area (Å²) in [7, 11) is 0. The van der Waals surface area contributed by atoms with E-state index in [1.54, 1.807) is 0 Å². The largest absolute Gasteiger partial charge is 0.506 e. The van der Waals surface area contributed by atoms with Crippen molar-refractivity contribution < 1.29 is 15.0 Å². The van der Waals surface area contributed by atoms with Gasteiger partial charge in [0.05, 0.1) is 5.02 Å². The van der Waals surface area contributed by atoms with E-state index in [4.69, 9.17) is 22.4 Å². The zero-order valence-corrected chi connectivity index (χ0v) is 10.00. The van der Waals surface area contributed by atoms with Crippen molar-refractivity contribution in [2.24, 2.45) is 5.73 Å². The molecular formula is C12H14ClNO3. The van der Waals surface area contributed by atoms with Gasteiger partial charge in [0.15, 0.2) is 0 Å². The minimum absolute atomic E-state index is 0.0241. The van der Waals surface area contributed by atoms with Crippen LogP contribution in [-0.4, -0.2) is 22.2 Å². The number of carbonyl (C=O) groups is 1. The molecule has 1 unspecified atom stereocenters. The number of carboxylic acid groups (broad SMARTS) is 1. The maximum atomic E-state index is 10.7. The molecule has 92 valence electrons. The number of benzene rings is 1. The highest BCUT2D eigenvalue weighted by Gasteiger charge is 2.22. The molecule has 1 atom stereocenters. The van der Waals surface area contributed by atoms with Crippen molar-refractivity contribution in [1.82, 2.24) is 0 Å². The number of nitrogens with two attached hydrogens (primary N) is 1. The van der Waals surface area contributed by atoms with Crippen LogP contribution in [0.2, 0.25) is 5.02 Å². The third-order valence-electron chi connectivity index (χ3n) is 3.14. The van der Waals surface area contributed by atoms with Gasteiger partial charge in [0.25, 0.3) is 0 Å². The number of aliphatic carboxylic acids is 1. The molecule has 0 radical (unpaired) electrons. The number of aryl methyl sites for hydroxylation is 1. The molecule has 1 aromatic carbocycles.